The molecule has 0 radical (unpaired) electrons. The first-order valence-corrected chi connectivity index (χ1v) is 6.92. The van der Waals surface area contributed by atoms with Crippen LogP contribution in [0, 0.1) is 0 Å². The van der Waals surface area contributed by atoms with Gasteiger partial charge in [-0.2, -0.15) is 11.3 Å². The molecule has 0 aliphatic heterocycles. The van der Waals surface area contributed by atoms with Gasteiger partial charge in [-0.25, -0.2) is 0 Å². The standard InChI is InChI=1S/C12H13NOS2/c1-9(11-3-2-5-16-11)13-12(14)7-10-4-6-15-8-10/h2-6,8-9H,7H2,1H3,(H,13,14). The second kappa shape index (κ2) is 5.27. The normalized spacial score (nSPS) is 12.3. The quantitative estimate of drug-likeness (QED) is 0.888. The molecule has 4 heteroatoms. The Morgan fingerprint density at radius 2 is 2.31 bits per heavy atom. The Balaban J connectivity index is 1.88. The van der Waals surface area contributed by atoms with Crippen molar-refractivity contribution in [1.82, 2.24) is 5.32 Å². The molecule has 2 nitrogen and oxygen atoms in total. The van der Waals surface area contributed by atoms with Gasteiger partial charge >= 0.3 is 0 Å². The van der Waals surface area contributed by atoms with Crippen molar-refractivity contribution < 1.29 is 4.79 Å². The molecule has 16 heavy (non-hydrogen) atoms. The number of carbonyl (C=O) groups excluding carboxylic acids is 1. The van der Waals surface area contributed by atoms with E-state index < -0.39 is 0 Å². The molecule has 1 amide bonds. The first-order valence-electron chi connectivity index (χ1n) is 5.09. The SMILES string of the molecule is CC(NC(=O)Cc1ccsc1)c1cccs1. The molecule has 0 spiro atoms. The molecule has 84 valence electrons. The third-order valence-electron chi connectivity index (χ3n) is 2.29. The van der Waals surface area contributed by atoms with Crippen LogP contribution in [0.5, 0.6) is 0 Å². The van der Waals surface area contributed by atoms with Crippen molar-refractivity contribution in [2.24, 2.45) is 0 Å². The highest BCUT2D eigenvalue weighted by Crippen LogP contribution is 2.18. The smallest absolute Gasteiger partial charge is 0.224 e. The highest BCUT2D eigenvalue weighted by molar-refractivity contribution is 7.10. The number of hydrogen-bond acceptors (Lipinski definition) is 3. The van der Waals surface area contributed by atoms with Gasteiger partial charge in [0.1, 0.15) is 0 Å². The van der Waals surface area contributed by atoms with E-state index in [9.17, 15) is 4.79 Å². The van der Waals surface area contributed by atoms with Crippen molar-refractivity contribution in [2.45, 2.75) is 19.4 Å². The fourth-order valence-electron chi connectivity index (χ4n) is 1.48. The molecule has 0 fully saturated rings. The maximum absolute atomic E-state index is 11.7. The fraction of sp³-hybridized carbons (Fsp3) is 0.250. The van der Waals surface area contributed by atoms with Crippen molar-refractivity contribution in [3.63, 3.8) is 0 Å². The van der Waals surface area contributed by atoms with E-state index in [1.807, 2.05) is 41.3 Å². The number of carbonyl (C=O) groups is 1. The predicted octanol–water partition coefficient (Wildman–Crippen LogP) is 3.23. The Hall–Kier alpha value is -1.13. The number of amides is 1. The highest BCUT2D eigenvalue weighted by Gasteiger charge is 2.10. The van der Waals surface area contributed by atoms with Crippen LogP contribution in [0.3, 0.4) is 0 Å². The van der Waals surface area contributed by atoms with Crippen molar-refractivity contribution in [3.05, 3.63) is 44.8 Å². The monoisotopic (exact) mass is 251 g/mol. The Labute approximate surface area is 103 Å². The lowest BCUT2D eigenvalue weighted by atomic mass is 10.2. The van der Waals surface area contributed by atoms with E-state index in [1.54, 1.807) is 22.7 Å². The predicted molar refractivity (Wildman–Crippen MR) is 68.9 cm³/mol. The van der Waals surface area contributed by atoms with E-state index >= 15 is 0 Å². The van der Waals surface area contributed by atoms with Crippen molar-refractivity contribution >= 4 is 28.6 Å². The number of rotatable bonds is 4. The molecule has 0 aliphatic carbocycles. The van der Waals surface area contributed by atoms with Crippen molar-refractivity contribution in [2.75, 3.05) is 0 Å². The summed E-state index contributed by atoms with van der Waals surface area (Å²) < 4.78 is 0. The van der Waals surface area contributed by atoms with Gasteiger partial charge in [-0.1, -0.05) is 6.07 Å². The molecule has 2 rings (SSSR count). The first-order chi connectivity index (χ1) is 7.75. The van der Waals surface area contributed by atoms with Crippen LogP contribution in [-0.2, 0) is 11.2 Å². The summed E-state index contributed by atoms with van der Waals surface area (Å²) in [4.78, 5) is 12.9. The highest BCUT2D eigenvalue weighted by atomic mass is 32.1. The van der Waals surface area contributed by atoms with Gasteiger partial charge in [-0.15, -0.1) is 11.3 Å². The fourth-order valence-corrected chi connectivity index (χ4v) is 2.88. The second-order valence-corrected chi connectivity index (χ2v) is 5.37. The lowest BCUT2D eigenvalue weighted by molar-refractivity contribution is -0.121. The largest absolute Gasteiger partial charge is 0.348 e. The Bertz CT molecular complexity index is 434. The minimum absolute atomic E-state index is 0.0827. The van der Waals surface area contributed by atoms with Crippen LogP contribution in [0.4, 0.5) is 0 Å². The molecular formula is C12H13NOS2. The van der Waals surface area contributed by atoms with Crippen molar-refractivity contribution in [3.8, 4) is 0 Å². The van der Waals surface area contributed by atoms with Crippen LogP contribution in [0.25, 0.3) is 0 Å². The Kier molecular flexibility index (Phi) is 3.74. The Morgan fingerprint density at radius 1 is 1.44 bits per heavy atom. The average Bonchev–Trinajstić information content (AvgIpc) is 2.88. The third-order valence-corrected chi connectivity index (χ3v) is 4.08. The number of thiophene rings is 2. The summed E-state index contributed by atoms with van der Waals surface area (Å²) in [5.41, 5.74) is 1.08. The summed E-state index contributed by atoms with van der Waals surface area (Å²) in [7, 11) is 0. The van der Waals surface area contributed by atoms with Gasteiger partial charge < -0.3 is 5.32 Å². The van der Waals surface area contributed by atoms with E-state index in [2.05, 4.69) is 5.32 Å². The molecule has 0 aromatic carbocycles. The Morgan fingerprint density at radius 3 is 2.94 bits per heavy atom. The minimum atomic E-state index is 0.0827. The zero-order valence-electron chi connectivity index (χ0n) is 8.97. The molecule has 2 aromatic heterocycles. The minimum Gasteiger partial charge on any atom is -0.348 e. The van der Waals surface area contributed by atoms with Gasteiger partial charge in [0, 0.05) is 4.88 Å². The maximum atomic E-state index is 11.7. The molecule has 1 unspecified atom stereocenters. The van der Waals surface area contributed by atoms with Gasteiger partial charge in [0.05, 0.1) is 12.5 Å². The molecule has 0 bridgehead atoms. The van der Waals surface area contributed by atoms with Gasteiger partial charge in [-0.3, -0.25) is 4.79 Å². The summed E-state index contributed by atoms with van der Waals surface area (Å²) in [6, 6.07) is 6.13. The third kappa shape index (κ3) is 2.93. The maximum Gasteiger partial charge on any atom is 0.224 e. The van der Waals surface area contributed by atoms with Crippen LogP contribution < -0.4 is 5.32 Å². The van der Waals surface area contributed by atoms with E-state index in [0.717, 1.165) is 5.56 Å². The zero-order valence-corrected chi connectivity index (χ0v) is 10.6. The van der Waals surface area contributed by atoms with Crippen LogP contribution in [-0.4, -0.2) is 5.91 Å². The number of hydrogen-bond donors (Lipinski definition) is 1. The van der Waals surface area contributed by atoms with E-state index in [1.165, 1.54) is 4.88 Å². The molecule has 2 aromatic rings. The molecule has 0 aliphatic rings. The number of nitrogens with one attached hydrogen (secondary N) is 1. The summed E-state index contributed by atoms with van der Waals surface area (Å²) >= 11 is 3.29. The van der Waals surface area contributed by atoms with Crippen LogP contribution >= 0.6 is 22.7 Å². The zero-order chi connectivity index (χ0) is 11.4. The van der Waals surface area contributed by atoms with E-state index in [0.29, 0.717) is 6.42 Å². The summed E-state index contributed by atoms with van der Waals surface area (Å²) in [6.45, 7) is 2.01. The van der Waals surface area contributed by atoms with E-state index in [-0.39, 0.29) is 11.9 Å². The lowest BCUT2D eigenvalue weighted by Crippen LogP contribution is -2.27. The van der Waals surface area contributed by atoms with Gasteiger partial charge in [0.25, 0.3) is 0 Å². The molecule has 0 saturated heterocycles. The van der Waals surface area contributed by atoms with Crippen molar-refractivity contribution in [1.29, 1.82) is 0 Å². The topological polar surface area (TPSA) is 29.1 Å². The first kappa shape index (κ1) is 11.4. The van der Waals surface area contributed by atoms with Gasteiger partial charge in [0.15, 0.2) is 0 Å². The van der Waals surface area contributed by atoms with Crippen LogP contribution in [0.2, 0.25) is 0 Å². The molecule has 0 saturated carbocycles. The summed E-state index contributed by atoms with van der Waals surface area (Å²) in [5, 5.41) is 9.02. The lowest BCUT2D eigenvalue weighted by Gasteiger charge is -2.11. The van der Waals surface area contributed by atoms with Crippen LogP contribution in [0.1, 0.15) is 23.4 Å². The molecule has 1 atom stereocenters. The van der Waals surface area contributed by atoms with E-state index in [4.69, 9.17) is 0 Å². The molecule has 1 N–H and O–H groups in total. The average molecular weight is 251 g/mol. The molecular weight excluding hydrogens is 238 g/mol. The summed E-state index contributed by atoms with van der Waals surface area (Å²) in [5.74, 6) is 0.0827. The molecule has 2 heterocycles. The second-order valence-electron chi connectivity index (χ2n) is 3.61. The van der Waals surface area contributed by atoms with Gasteiger partial charge in [0.2, 0.25) is 5.91 Å². The van der Waals surface area contributed by atoms with Crippen LogP contribution in [0.15, 0.2) is 34.3 Å². The van der Waals surface area contributed by atoms with Gasteiger partial charge in [-0.05, 0) is 40.8 Å². The summed E-state index contributed by atoms with van der Waals surface area (Å²) in [6.07, 6.45) is 0.471.